The van der Waals surface area contributed by atoms with Gasteiger partial charge in [-0.15, -0.1) is 0 Å². The highest BCUT2D eigenvalue weighted by Crippen LogP contribution is 2.28. The van der Waals surface area contributed by atoms with Gasteiger partial charge in [-0.25, -0.2) is 14.6 Å². The Kier molecular flexibility index (Phi) is 7.59. The fraction of sp³-hybridized carbons (Fsp3) is 0.429. The van der Waals surface area contributed by atoms with E-state index in [0.29, 0.717) is 28.7 Å². The zero-order chi connectivity index (χ0) is 24.1. The third-order valence-electron chi connectivity index (χ3n) is 4.92. The van der Waals surface area contributed by atoms with Crippen molar-refractivity contribution in [2.24, 2.45) is 0 Å². The molecule has 2 aromatic heterocycles. The number of aryl methyl sites for hydroxylation is 1. The minimum Gasteiger partial charge on any atom is -0.462 e. The molecule has 3 aromatic rings. The maximum Gasteiger partial charge on any atom is 0.420 e. The maximum atomic E-state index is 13.3. The van der Waals surface area contributed by atoms with Gasteiger partial charge in [0.15, 0.2) is 10.7 Å². The molecule has 0 aliphatic rings. The second-order valence-corrected chi connectivity index (χ2v) is 8.22. The third kappa shape index (κ3) is 5.28. The van der Waals surface area contributed by atoms with Gasteiger partial charge in [0.1, 0.15) is 11.4 Å². The first kappa shape index (κ1) is 24.1. The Morgan fingerprint density at radius 3 is 2.73 bits per heavy atom. The van der Waals surface area contributed by atoms with Crippen molar-refractivity contribution < 1.29 is 23.7 Å². The zero-order valence-electron chi connectivity index (χ0n) is 18.5. The Balaban J connectivity index is 1.93. The summed E-state index contributed by atoms with van der Waals surface area (Å²) in [7, 11) is 0. The van der Waals surface area contributed by atoms with Crippen LogP contribution < -0.4 is 10.7 Å². The first-order valence-electron chi connectivity index (χ1n) is 10.5. The largest absolute Gasteiger partial charge is 0.462 e. The van der Waals surface area contributed by atoms with Crippen LogP contribution in [0.15, 0.2) is 27.4 Å². The van der Waals surface area contributed by atoms with Crippen LogP contribution in [0.5, 0.6) is 0 Å². The molecule has 0 radical (unpaired) electrons. The lowest BCUT2D eigenvalue weighted by Crippen LogP contribution is -2.36. The lowest BCUT2D eigenvalue weighted by atomic mass is 10.2. The molecule has 2 heterocycles. The number of carbonyl (C=O) groups is 2. The van der Waals surface area contributed by atoms with E-state index in [-0.39, 0.29) is 29.9 Å². The van der Waals surface area contributed by atoms with E-state index in [2.05, 4.69) is 4.98 Å². The fourth-order valence-electron chi connectivity index (χ4n) is 3.27. The molecule has 0 atom stereocenters. The van der Waals surface area contributed by atoms with Crippen LogP contribution in [-0.4, -0.2) is 39.5 Å². The Labute approximate surface area is 192 Å². The maximum absolute atomic E-state index is 13.3. The number of fused-ring (bicyclic) bond motifs is 1. The third-order valence-corrected chi connectivity index (χ3v) is 6.08. The Morgan fingerprint density at radius 2 is 2.06 bits per heavy atom. The van der Waals surface area contributed by atoms with Gasteiger partial charge in [0, 0.05) is 12.6 Å². The molecule has 33 heavy (non-hydrogen) atoms. The Morgan fingerprint density at radius 1 is 1.30 bits per heavy atom. The average Bonchev–Trinajstić information content (AvgIpc) is 3.30. The van der Waals surface area contributed by atoms with Crippen molar-refractivity contribution in [1.29, 1.82) is 0 Å². The first-order chi connectivity index (χ1) is 15.8. The molecule has 0 bridgehead atoms. The first-order valence-corrected chi connectivity index (χ1v) is 11.3. The van der Waals surface area contributed by atoms with Crippen LogP contribution in [0.1, 0.15) is 48.5 Å². The van der Waals surface area contributed by atoms with Gasteiger partial charge in [-0.05, 0) is 26.3 Å². The highest BCUT2D eigenvalue weighted by atomic mass is 32.1. The van der Waals surface area contributed by atoms with Crippen molar-refractivity contribution in [2.75, 3.05) is 18.1 Å². The number of amides is 1. The molecule has 0 N–H and O–H groups in total. The van der Waals surface area contributed by atoms with Crippen molar-refractivity contribution in [3.63, 3.8) is 0 Å². The van der Waals surface area contributed by atoms with Crippen LogP contribution in [0, 0.1) is 17.0 Å². The smallest absolute Gasteiger partial charge is 0.420 e. The quantitative estimate of drug-likeness (QED) is 0.187. The molecule has 0 saturated carbocycles. The van der Waals surface area contributed by atoms with Gasteiger partial charge >= 0.3 is 11.7 Å². The molecule has 176 valence electrons. The number of benzene rings is 1. The number of aromatic nitrogens is 2. The average molecular weight is 477 g/mol. The zero-order valence-corrected chi connectivity index (χ0v) is 19.3. The number of hydrogen-bond donors (Lipinski definition) is 0. The Bertz CT molecular complexity index is 1240. The minimum absolute atomic E-state index is 0.0224. The second-order valence-electron chi connectivity index (χ2n) is 7.25. The predicted molar refractivity (Wildman–Crippen MR) is 122 cm³/mol. The molecule has 0 unspecified atom stereocenters. The molecular weight excluding hydrogens is 452 g/mol. The van der Waals surface area contributed by atoms with E-state index in [0.717, 1.165) is 34.8 Å². The van der Waals surface area contributed by atoms with Crippen molar-refractivity contribution in [3.05, 3.63) is 49.4 Å². The molecule has 3 rings (SSSR count). The van der Waals surface area contributed by atoms with Gasteiger partial charge < -0.3 is 9.15 Å². The summed E-state index contributed by atoms with van der Waals surface area (Å²) < 4.78 is 11.3. The molecule has 11 nitrogen and oxygen atoms in total. The number of nitro benzene ring substituents is 1. The molecule has 1 aromatic carbocycles. The highest BCUT2D eigenvalue weighted by Gasteiger charge is 2.25. The SMILES string of the molecule is CCCCCN(C(=O)Cn1c(=O)oc2cc([N+](=O)[O-])ccc21)c1nc(C)c(C(=O)OCC)s1. The van der Waals surface area contributed by atoms with E-state index in [9.17, 15) is 24.5 Å². The predicted octanol–water partition coefficient (Wildman–Crippen LogP) is 3.67. The number of nitrogens with zero attached hydrogens (tertiary/aromatic N) is 4. The van der Waals surface area contributed by atoms with E-state index in [1.54, 1.807) is 13.8 Å². The minimum atomic E-state index is -0.796. The van der Waals surface area contributed by atoms with E-state index >= 15 is 0 Å². The summed E-state index contributed by atoms with van der Waals surface area (Å²) >= 11 is 1.06. The van der Waals surface area contributed by atoms with Gasteiger partial charge in [0.05, 0.1) is 28.8 Å². The normalized spacial score (nSPS) is 11.0. The molecule has 0 saturated heterocycles. The number of carbonyl (C=O) groups excluding carboxylic acids is 2. The molecule has 0 aliphatic carbocycles. The lowest BCUT2D eigenvalue weighted by Gasteiger charge is -2.20. The Hall–Kier alpha value is -3.54. The molecule has 0 aliphatic heterocycles. The number of non-ortho nitro benzene ring substituents is 1. The van der Waals surface area contributed by atoms with Crippen LogP contribution in [0.3, 0.4) is 0 Å². The van der Waals surface area contributed by atoms with Gasteiger partial charge in [0.25, 0.3) is 5.69 Å². The molecule has 1 amide bonds. The second kappa shape index (κ2) is 10.4. The van der Waals surface area contributed by atoms with Crippen LogP contribution in [0.25, 0.3) is 11.1 Å². The van der Waals surface area contributed by atoms with Crippen molar-refractivity contribution in [1.82, 2.24) is 9.55 Å². The monoisotopic (exact) mass is 476 g/mol. The summed E-state index contributed by atoms with van der Waals surface area (Å²) in [5.74, 6) is -1.72. The van der Waals surface area contributed by atoms with Crippen LogP contribution in [0.4, 0.5) is 10.8 Å². The number of anilines is 1. The van der Waals surface area contributed by atoms with Crippen molar-refractivity contribution in [3.8, 4) is 0 Å². The topological polar surface area (TPSA) is 138 Å². The van der Waals surface area contributed by atoms with Crippen LogP contribution in [-0.2, 0) is 16.1 Å². The number of esters is 1. The summed E-state index contributed by atoms with van der Waals surface area (Å²) in [5, 5.41) is 11.3. The molecular formula is C21H24N4O7S. The van der Waals surface area contributed by atoms with Gasteiger partial charge in [-0.3, -0.25) is 24.4 Å². The van der Waals surface area contributed by atoms with Crippen LogP contribution >= 0.6 is 11.3 Å². The number of hydrogen-bond acceptors (Lipinski definition) is 9. The van der Waals surface area contributed by atoms with Crippen LogP contribution in [0.2, 0.25) is 0 Å². The van der Waals surface area contributed by atoms with Crippen molar-refractivity contribution >= 4 is 45.1 Å². The summed E-state index contributed by atoms with van der Waals surface area (Å²) in [6.07, 6.45) is 2.54. The molecule has 0 spiro atoms. The van der Waals surface area contributed by atoms with E-state index in [1.807, 2.05) is 6.92 Å². The van der Waals surface area contributed by atoms with Gasteiger partial charge in [0.2, 0.25) is 5.91 Å². The standard InChI is InChI=1S/C21H24N4O7S/c1-4-6-7-10-23(20-22-13(3)18(33-20)19(27)31-5-2)17(26)12-24-15-9-8-14(25(29)30)11-16(15)32-21(24)28/h8-9,11H,4-7,10,12H2,1-3H3. The van der Waals surface area contributed by atoms with Crippen molar-refractivity contribution in [2.45, 2.75) is 46.6 Å². The summed E-state index contributed by atoms with van der Waals surface area (Å²) in [4.78, 5) is 54.4. The van der Waals surface area contributed by atoms with E-state index in [4.69, 9.17) is 9.15 Å². The fourth-order valence-corrected chi connectivity index (χ4v) is 4.27. The number of rotatable bonds is 10. The lowest BCUT2D eigenvalue weighted by molar-refractivity contribution is -0.384. The summed E-state index contributed by atoms with van der Waals surface area (Å²) in [5.41, 5.74) is 0.532. The van der Waals surface area contributed by atoms with Gasteiger partial charge in [-0.1, -0.05) is 31.1 Å². The van der Waals surface area contributed by atoms with E-state index < -0.39 is 22.6 Å². The van der Waals surface area contributed by atoms with Gasteiger partial charge in [-0.2, -0.15) is 0 Å². The number of nitro groups is 1. The summed E-state index contributed by atoms with van der Waals surface area (Å²) in [6.45, 7) is 5.65. The molecule has 12 heteroatoms. The summed E-state index contributed by atoms with van der Waals surface area (Å²) in [6, 6.07) is 3.76. The number of oxazole rings is 1. The highest BCUT2D eigenvalue weighted by molar-refractivity contribution is 7.17. The number of ether oxygens (including phenoxy) is 1. The number of unbranched alkanes of at least 4 members (excludes halogenated alkanes) is 2. The number of thiazole rings is 1. The molecule has 0 fully saturated rings. The van der Waals surface area contributed by atoms with E-state index in [1.165, 1.54) is 17.0 Å².